The van der Waals surface area contributed by atoms with Crippen molar-refractivity contribution < 1.29 is 13.9 Å². The smallest absolute Gasteiger partial charge is 0.159 e. The Kier molecular flexibility index (Phi) is 2.51. The van der Waals surface area contributed by atoms with Crippen molar-refractivity contribution in [1.82, 2.24) is 0 Å². The molecule has 1 aromatic rings. The summed E-state index contributed by atoms with van der Waals surface area (Å²) in [6.45, 7) is 2.07. The maximum atomic E-state index is 12.9. The third kappa shape index (κ3) is 2.17. The van der Waals surface area contributed by atoms with Crippen molar-refractivity contribution >= 4 is 0 Å². The molecular weight excluding hydrogens is 198 g/mol. The first kappa shape index (κ1) is 10.6. The Labute approximate surface area is 87.7 Å². The van der Waals surface area contributed by atoms with Gasteiger partial charge >= 0.3 is 0 Å². The van der Waals surface area contributed by atoms with Gasteiger partial charge in [0.05, 0.1) is 5.60 Å². The van der Waals surface area contributed by atoms with E-state index >= 15 is 0 Å². The third-order valence-corrected chi connectivity index (χ3v) is 2.97. The summed E-state index contributed by atoms with van der Waals surface area (Å²) in [6, 6.07) is 3.80. The highest BCUT2D eigenvalue weighted by Gasteiger charge is 2.39. The third-order valence-electron chi connectivity index (χ3n) is 2.97. The molecule has 1 aliphatic rings. The molecule has 3 heteroatoms. The summed E-state index contributed by atoms with van der Waals surface area (Å²) in [5, 5.41) is 9.98. The van der Waals surface area contributed by atoms with Gasteiger partial charge in [-0.1, -0.05) is 13.0 Å². The molecule has 0 spiro atoms. The molecule has 0 atom stereocenters. The average molecular weight is 212 g/mol. The summed E-state index contributed by atoms with van der Waals surface area (Å²) in [6.07, 6.45) is 1.90. The second-order valence-electron chi connectivity index (χ2n) is 4.66. The van der Waals surface area contributed by atoms with Gasteiger partial charge in [-0.25, -0.2) is 8.78 Å². The van der Waals surface area contributed by atoms with E-state index in [0.717, 1.165) is 25.0 Å². The van der Waals surface area contributed by atoms with Gasteiger partial charge in [0, 0.05) is 6.42 Å². The highest BCUT2D eigenvalue weighted by molar-refractivity contribution is 5.20. The maximum Gasteiger partial charge on any atom is 0.159 e. The lowest BCUT2D eigenvalue weighted by Gasteiger charge is -2.42. The second-order valence-corrected chi connectivity index (χ2v) is 4.66. The summed E-state index contributed by atoms with van der Waals surface area (Å²) in [4.78, 5) is 0. The van der Waals surface area contributed by atoms with Gasteiger partial charge in [0.1, 0.15) is 0 Å². The van der Waals surface area contributed by atoms with Crippen molar-refractivity contribution in [3.8, 4) is 0 Å². The van der Waals surface area contributed by atoms with Gasteiger partial charge in [-0.2, -0.15) is 0 Å². The molecule has 0 aromatic heterocycles. The van der Waals surface area contributed by atoms with Crippen LogP contribution in [0.1, 0.15) is 25.3 Å². The minimum absolute atomic E-state index is 0.411. The molecule has 0 unspecified atom stereocenters. The first-order valence-electron chi connectivity index (χ1n) is 5.15. The van der Waals surface area contributed by atoms with E-state index in [1.54, 1.807) is 0 Å². The lowest BCUT2D eigenvalue weighted by molar-refractivity contribution is -0.0666. The Hall–Kier alpha value is -0.960. The molecule has 0 heterocycles. The van der Waals surface area contributed by atoms with Crippen LogP contribution in [-0.2, 0) is 6.42 Å². The summed E-state index contributed by atoms with van der Waals surface area (Å²) in [5.41, 5.74) is -0.0488. The Morgan fingerprint density at radius 1 is 1.33 bits per heavy atom. The number of hydrogen-bond acceptors (Lipinski definition) is 1. The van der Waals surface area contributed by atoms with Crippen LogP contribution >= 0.6 is 0 Å². The lowest BCUT2D eigenvalue weighted by atomic mass is 9.69. The summed E-state index contributed by atoms with van der Waals surface area (Å²) in [5.74, 6) is -1.16. The summed E-state index contributed by atoms with van der Waals surface area (Å²) in [7, 11) is 0. The van der Waals surface area contributed by atoms with Crippen molar-refractivity contribution in [2.75, 3.05) is 0 Å². The van der Waals surface area contributed by atoms with Gasteiger partial charge in [-0.15, -0.1) is 0 Å². The zero-order valence-corrected chi connectivity index (χ0v) is 8.63. The SMILES string of the molecule is CC1CC(O)(Cc2ccc(F)c(F)c2)C1. The zero-order valence-electron chi connectivity index (χ0n) is 8.63. The van der Waals surface area contributed by atoms with Crippen LogP contribution in [0.15, 0.2) is 18.2 Å². The number of halogens is 2. The van der Waals surface area contributed by atoms with E-state index in [0.29, 0.717) is 17.9 Å². The highest BCUT2D eigenvalue weighted by Crippen LogP contribution is 2.39. The van der Waals surface area contributed by atoms with E-state index in [1.807, 2.05) is 0 Å². The first-order valence-corrected chi connectivity index (χ1v) is 5.15. The molecule has 1 nitrogen and oxygen atoms in total. The molecule has 0 amide bonds. The first-order chi connectivity index (χ1) is 6.98. The van der Waals surface area contributed by atoms with Gasteiger partial charge in [0.25, 0.3) is 0 Å². The average Bonchev–Trinajstić information content (AvgIpc) is 2.09. The molecular formula is C12H14F2O. The molecule has 82 valence electrons. The highest BCUT2D eigenvalue weighted by atomic mass is 19.2. The molecule has 0 bridgehead atoms. The van der Waals surface area contributed by atoms with Gasteiger partial charge in [0.15, 0.2) is 11.6 Å². The predicted octanol–water partition coefficient (Wildman–Crippen LogP) is 2.67. The fourth-order valence-electron chi connectivity index (χ4n) is 2.41. The molecule has 1 saturated carbocycles. The molecule has 0 radical (unpaired) electrons. The van der Waals surface area contributed by atoms with Crippen LogP contribution in [0.5, 0.6) is 0 Å². The second kappa shape index (κ2) is 3.56. The van der Waals surface area contributed by atoms with Gasteiger partial charge in [-0.05, 0) is 36.5 Å². The van der Waals surface area contributed by atoms with Crippen molar-refractivity contribution in [2.45, 2.75) is 31.8 Å². The van der Waals surface area contributed by atoms with Crippen LogP contribution in [0.2, 0.25) is 0 Å². The number of aliphatic hydroxyl groups is 1. The Bertz CT molecular complexity index is 370. The number of benzene rings is 1. The molecule has 15 heavy (non-hydrogen) atoms. The van der Waals surface area contributed by atoms with Crippen LogP contribution < -0.4 is 0 Å². The standard InChI is InChI=1S/C12H14F2O/c1-8-5-12(15,6-8)7-9-2-3-10(13)11(14)4-9/h2-4,8,15H,5-7H2,1H3. The van der Waals surface area contributed by atoms with Crippen LogP contribution in [0.4, 0.5) is 8.78 Å². The van der Waals surface area contributed by atoms with Crippen LogP contribution in [-0.4, -0.2) is 10.7 Å². The fourth-order valence-corrected chi connectivity index (χ4v) is 2.41. The van der Waals surface area contributed by atoms with Crippen LogP contribution in [0.3, 0.4) is 0 Å². The van der Waals surface area contributed by atoms with E-state index in [-0.39, 0.29) is 0 Å². The minimum Gasteiger partial charge on any atom is -0.390 e. The van der Waals surface area contributed by atoms with Gasteiger partial charge in [-0.3, -0.25) is 0 Å². The predicted molar refractivity (Wildman–Crippen MR) is 53.4 cm³/mol. The molecule has 0 saturated heterocycles. The van der Waals surface area contributed by atoms with E-state index in [2.05, 4.69) is 6.92 Å². The van der Waals surface area contributed by atoms with E-state index in [4.69, 9.17) is 0 Å². The zero-order chi connectivity index (χ0) is 11.1. The van der Waals surface area contributed by atoms with Crippen molar-refractivity contribution in [3.63, 3.8) is 0 Å². The van der Waals surface area contributed by atoms with Crippen molar-refractivity contribution in [2.24, 2.45) is 5.92 Å². The molecule has 1 aliphatic carbocycles. The van der Waals surface area contributed by atoms with Gasteiger partial charge in [0.2, 0.25) is 0 Å². The van der Waals surface area contributed by atoms with E-state index in [9.17, 15) is 13.9 Å². The fraction of sp³-hybridized carbons (Fsp3) is 0.500. The number of rotatable bonds is 2. The molecule has 0 aliphatic heterocycles. The maximum absolute atomic E-state index is 12.9. The summed E-state index contributed by atoms with van der Waals surface area (Å²) >= 11 is 0. The van der Waals surface area contributed by atoms with Crippen molar-refractivity contribution in [1.29, 1.82) is 0 Å². The van der Waals surface area contributed by atoms with Crippen molar-refractivity contribution in [3.05, 3.63) is 35.4 Å². The summed E-state index contributed by atoms with van der Waals surface area (Å²) < 4.78 is 25.5. The van der Waals surface area contributed by atoms with Gasteiger partial charge < -0.3 is 5.11 Å². The van der Waals surface area contributed by atoms with E-state index < -0.39 is 17.2 Å². The molecule has 1 fully saturated rings. The quantitative estimate of drug-likeness (QED) is 0.799. The minimum atomic E-state index is -0.844. The van der Waals surface area contributed by atoms with Crippen LogP contribution in [0, 0.1) is 17.6 Å². The largest absolute Gasteiger partial charge is 0.390 e. The van der Waals surface area contributed by atoms with Crippen LogP contribution in [0.25, 0.3) is 0 Å². The molecule has 1 aromatic carbocycles. The topological polar surface area (TPSA) is 20.2 Å². The Morgan fingerprint density at radius 3 is 2.53 bits per heavy atom. The monoisotopic (exact) mass is 212 g/mol. The number of hydrogen-bond donors (Lipinski definition) is 1. The Balaban J connectivity index is 2.08. The molecule has 1 N–H and O–H groups in total. The Morgan fingerprint density at radius 2 is 2.00 bits per heavy atom. The lowest BCUT2D eigenvalue weighted by Crippen LogP contribution is -2.44. The normalized spacial score (nSPS) is 30.0. The van der Waals surface area contributed by atoms with E-state index in [1.165, 1.54) is 6.07 Å². The molecule has 2 rings (SSSR count).